The third-order valence-corrected chi connectivity index (χ3v) is 3.38. The summed E-state index contributed by atoms with van der Waals surface area (Å²) in [5.41, 5.74) is -2.32. The average molecular weight is 360 g/mol. The van der Waals surface area contributed by atoms with E-state index in [0.717, 1.165) is 0 Å². The number of ether oxygens (including phenoxy) is 1. The van der Waals surface area contributed by atoms with Crippen LogP contribution in [0.5, 0.6) is 0 Å². The molecule has 0 atom stereocenters. The van der Waals surface area contributed by atoms with Gasteiger partial charge in [0, 0.05) is 5.75 Å². The number of aliphatic hydroxyl groups excluding tert-OH is 6. The molecule has 7 N–H and O–H groups in total. The second-order valence-electron chi connectivity index (χ2n) is 5.31. The molecule has 0 aromatic carbocycles. The highest BCUT2D eigenvalue weighted by Crippen LogP contribution is 2.19. The first-order chi connectivity index (χ1) is 10.8. The molecule has 0 spiro atoms. The van der Waals surface area contributed by atoms with Crippen LogP contribution in [0.25, 0.3) is 0 Å². The van der Waals surface area contributed by atoms with E-state index in [1.54, 1.807) is 0 Å². The Labute approximate surface area is 140 Å². The predicted octanol–water partition coefficient (Wildman–Crippen LogP) is -2.68. The van der Waals surface area contributed by atoms with Gasteiger partial charge in [0.05, 0.1) is 70.1 Å². The zero-order valence-electron chi connectivity index (χ0n) is 13.0. The molecule has 0 rings (SSSR count). The van der Waals surface area contributed by atoms with Gasteiger partial charge in [-0.1, -0.05) is 0 Å². The zero-order valence-corrected chi connectivity index (χ0v) is 13.9. The summed E-state index contributed by atoms with van der Waals surface area (Å²) in [6, 6.07) is 0. The molecule has 0 bridgehead atoms. The first-order valence-electron chi connectivity index (χ1n) is 6.90. The van der Waals surface area contributed by atoms with Crippen molar-refractivity contribution in [3.63, 3.8) is 0 Å². The Bertz CT molecular complexity index is 257. The van der Waals surface area contributed by atoms with Crippen molar-refractivity contribution in [1.82, 2.24) is 0 Å². The quantitative estimate of drug-likeness (QED) is 0.173. The lowest BCUT2D eigenvalue weighted by molar-refractivity contribution is -0.136. The summed E-state index contributed by atoms with van der Waals surface area (Å²) in [7, 11) is 0. The van der Waals surface area contributed by atoms with E-state index in [2.05, 4.69) is 12.6 Å². The molecule has 0 fully saturated rings. The Balaban J connectivity index is 0. The molecule has 0 radical (unpaired) electrons. The Morgan fingerprint density at radius 3 is 1.22 bits per heavy atom. The van der Waals surface area contributed by atoms with E-state index in [1.165, 1.54) is 0 Å². The number of rotatable bonds is 12. The summed E-state index contributed by atoms with van der Waals surface area (Å²) < 4.78 is 5.15. The molecule has 0 aliphatic rings. The van der Waals surface area contributed by atoms with E-state index in [9.17, 15) is 4.79 Å². The summed E-state index contributed by atoms with van der Waals surface area (Å²) in [4.78, 5) is 9.55. The first kappa shape index (κ1) is 24.8. The fourth-order valence-corrected chi connectivity index (χ4v) is 1.34. The second kappa shape index (κ2) is 13.9. The van der Waals surface area contributed by atoms with Crippen LogP contribution >= 0.6 is 12.6 Å². The number of aliphatic carboxylic acids is 1. The van der Waals surface area contributed by atoms with Crippen molar-refractivity contribution in [2.75, 3.05) is 58.6 Å². The highest BCUT2D eigenvalue weighted by atomic mass is 32.1. The van der Waals surface area contributed by atoms with Crippen LogP contribution in [0.15, 0.2) is 0 Å². The van der Waals surface area contributed by atoms with E-state index in [-0.39, 0.29) is 19.6 Å². The largest absolute Gasteiger partial charge is 0.481 e. The number of carboxylic acid groups (broad SMARTS) is 1. The molecular weight excluding hydrogens is 332 g/mol. The molecule has 0 aliphatic carbocycles. The number of hydrogen-bond donors (Lipinski definition) is 8. The van der Waals surface area contributed by atoms with Crippen LogP contribution in [0, 0.1) is 10.8 Å². The van der Waals surface area contributed by atoms with Gasteiger partial charge in [0.1, 0.15) is 0 Å². The van der Waals surface area contributed by atoms with Crippen LogP contribution in [0.2, 0.25) is 0 Å². The van der Waals surface area contributed by atoms with Crippen molar-refractivity contribution in [2.24, 2.45) is 10.8 Å². The minimum absolute atomic E-state index is 0.141. The van der Waals surface area contributed by atoms with Gasteiger partial charge < -0.3 is 40.5 Å². The van der Waals surface area contributed by atoms with Gasteiger partial charge in [-0.25, -0.2) is 0 Å². The summed E-state index contributed by atoms with van der Waals surface area (Å²) in [6.45, 7) is -3.01. The number of thiol groups is 1. The van der Waals surface area contributed by atoms with Crippen molar-refractivity contribution in [3.05, 3.63) is 0 Å². The predicted molar refractivity (Wildman–Crippen MR) is 84.3 cm³/mol. The van der Waals surface area contributed by atoms with Crippen LogP contribution in [0.4, 0.5) is 0 Å². The van der Waals surface area contributed by atoms with Gasteiger partial charge in [0.15, 0.2) is 0 Å². The summed E-state index contributed by atoms with van der Waals surface area (Å²) in [5, 5.41) is 62.0. The zero-order chi connectivity index (χ0) is 18.4. The lowest BCUT2D eigenvalue weighted by atomic mass is 9.91. The summed E-state index contributed by atoms with van der Waals surface area (Å²) >= 11 is 3.68. The fourth-order valence-electron chi connectivity index (χ4n) is 1.15. The van der Waals surface area contributed by atoms with Crippen molar-refractivity contribution >= 4 is 18.6 Å². The first-order valence-corrected chi connectivity index (χ1v) is 7.53. The Hall–Kier alpha value is -0.460. The van der Waals surface area contributed by atoms with Crippen LogP contribution in [0.1, 0.15) is 6.42 Å². The van der Waals surface area contributed by atoms with Gasteiger partial charge in [-0.3, -0.25) is 4.79 Å². The lowest BCUT2D eigenvalue weighted by Crippen LogP contribution is -2.43. The molecule has 0 aromatic heterocycles. The molecule has 0 aliphatic heterocycles. The van der Waals surface area contributed by atoms with Gasteiger partial charge in [0.25, 0.3) is 0 Å². The molecule has 0 saturated heterocycles. The van der Waals surface area contributed by atoms with E-state index < -0.39 is 56.4 Å². The van der Waals surface area contributed by atoms with Crippen LogP contribution < -0.4 is 0 Å². The van der Waals surface area contributed by atoms with Gasteiger partial charge in [-0.15, -0.1) is 0 Å². The van der Waals surface area contributed by atoms with Crippen LogP contribution in [0.3, 0.4) is 0 Å². The second-order valence-corrected chi connectivity index (χ2v) is 5.76. The number of hydrogen-bond acceptors (Lipinski definition) is 9. The molecule has 0 heterocycles. The lowest BCUT2D eigenvalue weighted by Gasteiger charge is -2.31. The van der Waals surface area contributed by atoms with Crippen LogP contribution in [-0.4, -0.2) is 100 Å². The molecule has 140 valence electrons. The van der Waals surface area contributed by atoms with Crippen molar-refractivity contribution < 1.29 is 45.3 Å². The molecular formula is C13H28O9S. The minimum Gasteiger partial charge on any atom is -0.481 e. The maximum atomic E-state index is 9.55. The van der Waals surface area contributed by atoms with E-state index in [0.29, 0.717) is 5.75 Å². The maximum Gasteiger partial charge on any atom is 0.304 e. The third-order valence-electron chi connectivity index (χ3n) is 3.15. The number of aliphatic hydroxyl groups is 6. The minimum atomic E-state index is -1.16. The normalized spacial score (nSPS) is 11.8. The highest BCUT2D eigenvalue weighted by molar-refractivity contribution is 7.80. The van der Waals surface area contributed by atoms with Crippen molar-refractivity contribution in [1.29, 1.82) is 0 Å². The van der Waals surface area contributed by atoms with Gasteiger partial charge in [0.2, 0.25) is 0 Å². The molecule has 23 heavy (non-hydrogen) atoms. The molecule has 0 amide bonds. The van der Waals surface area contributed by atoms with Crippen molar-refractivity contribution in [3.8, 4) is 0 Å². The molecule has 0 unspecified atom stereocenters. The van der Waals surface area contributed by atoms with E-state index in [4.69, 9.17) is 40.5 Å². The van der Waals surface area contributed by atoms with Gasteiger partial charge >= 0.3 is 5.97 Å². The molecule has 0 aromatic rings. The third kappa shape index (κ3) is 10.1. The Kier molecular flexibility index (Phi) is 15.0. The smallest absolute Gasteiger partial charge is 0.304 e. The molecule has 9 nitrogen and oxygen atoms in total. The number of carbonyl (C=O) groups is 1. The summed E-state index contributed by atoms with van der Waals surface area (Å²) in [5.74, 6) is -0.361. The van der Waals surface area contributed by atoms with Crippen LogP contribution in [-0.2, 0) is 9.53 Å². The van der Waals surface area contributed by atoms with Gasteiger partial charge in [-0.05, 0) is 0 Å². The van der Waals surface area contributed by atoms with Gasteiger partial charge in [-0.2, -0.15) is 12.6 Å². The highest BCUT2D eigenvalue weighted by Gasteiger charge is 2.32. The standard InChI is InChI=1S/C10H22O7.C3H6O2S/c11-1-9(2-12,3-13)7-17-8-10(4-14,5-15)6-16;4-3(5)1-2-6/h11-16H,1-8H2;6H,1-2H2,(H,4,5). The maximum absolute atomic E-state index is 9.55. The monoisotopic (exact) mass is 360 g/mol. The molecule has 10 heteroatoms. The number of carboxylic acids is 1. The SMILES string of the molecule is O=C(O)CCS.OCC(CO)(CO)COCC(CO)(CO)CO. The van der Waals surface area contributed by atoms with Crippen molar-refractivity contribution in [2.45, 2.75) is 6.42 Å². The molecule has 0 saturated carbocycles. The van der Waals surface area contributed by atoms with E-state index in [1.807, 2.05) is 0 Å². The van der Waals surface area contributed by atoms with E-state index >= 15 is 0 Å². The Morgan fingerprint density at radius 1 is 0.783 bits per heavy atom. The summed E-state index contributed by atoms with van der Waals surface area (Å²) in [6.07, 6.45) is 0.156. The fraction of sp³-hybridized carbons (Fsp3) is 0.923. The Morgan fingerprint density at radius 2 is 1.09 bits per heavy atom. The average Bonchev–Trinajstić information content (AvgIpc) is 2.57. The topological polar surface area (TPSA) is 168 Å².